The van der Waals surface area contributed by atoms with Crippen LogP contribution in [0, 0.1) is 11.6 Å². The molecule has 1 atom stereocenters. The zero-order valence-electron chi connectivity index (χ0n) is 20.4. The summed E-state index contributed by atoms with van der Waals surface area (Å²) in [5, 5.41) is 13.8. The van der Waals surface area contributed by atoms with E-state index in [0.717, 1.165) is 6.26 Å². The number of nitrogens with zero attached hydrogens (tertiary/aromatic N) is 7. The van der Waals surface area contributed by atoms with E-state index in [0.29, 0.717) is 5.56 Å². The van der Waals surface area contributed by atoms with Gasteiger partial charge in [0.1, 0.15) is 5.69 Å². The number of phenolic OH excluding ortho intramolecular Hbond substituents is 1. The molecule has 1 N–H and O–H groups in total. The van der Waals surface area contributed by atoms with E-state index in [1.165, 1.54) is 22.2 Å². The molecule has 1 unspecified atom stereocenters. The number of pyridine rings is 1. The van der Waals surface area contributed by atoms with Crippen molar-refractivity contribution in [3.63, 3.8) is 0 Å². The molecule has 3 aromatic heterocycles. The highest BCUT2D eigenvalue weighted by Crippen LogP contribution is 2.41. The fourth-order valence-electron chi connectivity index (χ4n) is 4.58. The Morgan fingerprint density at radius 3 is 2.44 bits per heavy atom. The van der Waals surface area contributed by atoms with Gasteiger partial charge in [-0.25, -0.2) is 26.9 Å². The minimum atomic E-state index is -5.20. The lowest BCUT2D eigenvalue weighted by Crippen LogP contribution is -2.50. The summed E-state index contributed by atoms with van der Waals surface area (Å²) < 4.78 is 96.1. The maximum Gasteiger partial charge on any atom is 0.419 e. The number of benzene rings is 1. The molecule has 1 aliphatic rings. The number of anilines is 1. The largest absolute Gasteiger partial charge is 0.503 e. The van der Waals surface area contributed by atoms with E-state index < -0.39 is 50.8 Å². The van der Waals surface area contributed by atoms with Gasteiger partial charge in [0.25, 0.3) is 0 Å². The monoisotopic (exact) mass is 569 g/mol. The number of hydrogen-bond donors (Lipinski definition) is 1. The molecule has 0 aliphatic carbocycles. The first-order chi connectivity index (χ1) is 18.3. The molecule has 10 nitrogen and oxygen atoms in total. The van der Waals surface area contributed by atoms with Crippen molar-refractivity contribution in [2.24, 2.45) is 7.05 Å². The van der Waals surface area contributed by atoms with Crippen LogP contribution in [0.25, 0.3) is 22.3 Å². The number of aryl methyl sites for hydroxylation is 1. The Hall–Kier alpha value is -3.92. The lowest BCUT2D eigenvalue weighted by Gasteiger charge is -2.40. The summed E-state index contributed by atoms with van der Waals surface area (Å²) in [5.41, 5.74) is -2.12. The fraction of sp³-hybridized carbons (Fsp3) is 0.304. The normalized spacial score (nSPS) is 17.2. The highest BCUT2D eigenvalue weighted by Gasteiger charge is 2.39. The number of alkyl halides is 3. The van der Waals surface area contributed by atoms with Crippen molar-refractivity contribution in [2.75, 3.05) is 30.8 Å². The highest BCUT2D eigenvalue weighted by molar-refractivity contribution is 7.88. The van der Waals surface area contributed by atoms with Crippen LogP contribution in [0.4, 0.5) is 27.9 Å². The molecule has 5 rings (SSSR count). The van der Waals surface area contributed by atoms with E-state index in [-0.39, 0.29) is 48.4 Å². The third-order valence-corrected chi connectivity index (χ3v) is 7.73. The van der Waals surface area contributed by atoms with Crippen molar-refractivity contribution in [3.8, 4) is 17.0 Å². The summed E-state index contributed by atoms with van der Waals surface area (Å²) in [6, 6.07) is 3.07. The zero-order valence-corrected chi connectivity index (χ0v) is 21.2. The van der Waals surface area contributed by atoms with E-state index in [2.05, 4.69) is 20.1 Å². The van der Waals surface area contributed by atoms with Gasteiger partial charge in [0.2, 0.25) is 16.0 Å². The first-order valence-corrected chi connectivity index (χ1v) is 13.2. The van der Waals surface area contributed by atoms with Gasteiger partial charge in [-0.1, -0.05) is 0 Å². The summed E-state index contributed by atoms with van der Waals surface area (Å²) in [5.74, 6) is -5.33. The Morgan fingerprint density at radius 2 is 1.79 bits per heavy atom. The Bertz CT molecular complexity index is 1680. The van der Waals surface area contributed by atoms with Gasteiger partial charge in [0, 0.05) is 50.8 Å². The fourth-order valence-corrected chi connectivity index (χ4v) is 5.65. The van der Waals surface area contributed by atoms with Crippen molar-refractivity contribution in [2.45, 2.75) is 12.2 Å². The van der Waals surface area contributed by atoms with Gasteiger partial charge in [-0.2, -0.15) is 27.6 Å². The van der Waals surface area contributed by atoms with Crippen LogP contribution in [0.3, 0.4) is 0 Å². The molecule has 0 radical (unpaired) electrons. The van der Waals surface area contributed by atoms with Crippen LogP contribution in [0.5, 0.6) is 5.75 Å². The molecule has 4 aromatic rings. The topological polar surface area (TPSA) is 117 Å². The molecular formula is C23H20F5N7O3S. The molecular weight excluding hydrogens is 549 g/mol. The van der Waals surface area contributed by atoms with Gasteiger partial charge in [0.15, 0.2) is 23.0 Å². The molecule has 0 spiro atoms. The first-order valence-electron chi connectivity index (χ1n) is 11.4. The second-order valence-electron chi connectivity index (χ2n) is 8.94. The third-order valence-electron chi connectivity index (χ3n) is 6.44. The minimum absolute atomic E-state index is 0.0553. The number of phenols is 1. The molecule has 0 amide bonds. The summed E-state index contributed by atoms with van der Waals surface area (Å²) in [6.45, 7) is 0.549. The predicted molar refractivity (Wildman–Crippen MR) is 129 cm³/mol. The van der Waals surface area contributed by atoms with Gasteiger partial charge < -0.3 is 10.0 Å². The number of hydrogen-bond acceptors (Lipinski definition) is 8. The molecule has 1 aromatic carbocycles. The molecule has 0 bridgehead atoms. The Morgan fingerprint density at radius 1 is 1.10 bits per heavy atom. The van der Waals surface area contributed by atoms with Crippen LogP contribution in [-0.2, 0) is 23.2 Å². The molecule has 206 valence electrons. The number of sulfonamides is 1. The molecule has 1 fully saturated rings. The third kappa shape index (κ3) is 4.73. The van der Waals surface area contributed by atoms with Crippen LogP contribution in [0.15, 0.2) is 36.8 Å². The smallest absolute Gasteiger partial charge is 0.419 e. The number of fused-ring (bicyclic) bond motifs is 1. The number of aromatic nitrogens is 5. The van der Waals surface area contributed by atoms with E-state index in [4.69, 9.17) is 0 Å². The number of halogens is 5. The average molecular weight is 570 g/mol. The molecule has 16 heteroatoms. The van der Waals surface area contributed by atoms with Gasteiger partial charge in [-0.15, -0.1) is 0 Å². The Labute approximate surface area is 218 Å². The second-order valence-corrected chi connectivity index (χ2v) is 10.9. The quantitative estimate of drug-likeness (QED) is 0.373. The lowest BCUT2D eigenvalue weighted by atomic mass is 10.0. The molecule has 4 heterocycles. The van der Waals surface area contributed by atoms with Crippen molar-refractivity contribution >= 4 is 27.0 Å². The summed E-state index contributed by atoms with van der Waals surface area (Å²) in [6.07, 6.45) is 0.248. The van der Waals surface area contributed by atoms with Crippen molar-refractivity contribution in [3.05, 3.63) is 59.6 Å². The molecule has 39 heavy (non-hydrogen) atoms. The molecule has 1 aliphatic heterocycles. The van der Waals surface area contributed by atoms with E-state index in [9.17, 15) is 35.5 Å². The highest BCUT2D eigenvalue weighted by atomic mass is 32.2. The lowest BCUT2D eigenvalue weighted by molar-refractivity contribution is -0.140. The Balaban J connectivity index is 1.56. The van der Waals surface area contributed by atoms with E-state index >= 15 is 0 Å². The maximum atomic E-state index is 14.7. The number of aromatic hydroxyl groups is 1. The number of rotatable bonds is 4. The van der Waals surface area contributed by atoms with Gasteiger partial charge in [0.05, 0.1) is 23.2 Å². The standard InChI is InChI=1S/C23H20F5N7O3S/c1-33-21-14(19(32-33)13-9-15(23(26,27)28)18(25)20(36)17(13)24)10-30-22(31-21)34-7-8-35(39(2,37)38)16(11-34)12-3-5-29-6-4-12/h3-6,9-10,16,36H,7-8,11H2,1-2H3. The van der Waals surface area contributed by atoms with Crippen molar-refractivity contribution in [1.82, 2.24) is 29.0 Å². The van der Waals surface area contributed by atoms with Gasteiger partial charge in [-0.3, -0.25) is 4.98 Å². The van der Waals surface area contributed by atoms with E-state index in [1.54, 1.807) is 29.4 Å². The van der Waals surface area contributed by atoms with Crippen LogP contribution in [0.1, 0.15) is 17.2 Å². The van der Waals surface area contributed by atoms with Crippen LogP contribution < -0.4 is 4.90 Å². The Kier molecular flexibility index (Phi) is 6.41. The number of piperazine rings is 1. The second kappa shape index (κ2) is 9.37. The van der Waals surface area contributed by atoms with Gasteiger partial charge in [-0.05, 0) is 23.8 Å². The van der Waals surface area contributed by atoms with Gasteiger partial charge >= 0.3 is 6.18 Å². The zero-order chi connectivity index (χ0) is 28.3. The SMILES string of the molecule is Cn1nc(-c2cc(C(F)(F)F)c(F)c(O)c2F)c2cnc(N3CCN(S(C)(=O)=O)C(c4ccncc4)C3)nc21. The molecule has 1 saturated heterocycles. The summed E-state index contributed by atoms with van der Waals surface area (Å²) >= 11 is 0. The maximum absolute atomic E-state index is 14.7. The van der Waals surface area contributed by atoms with Crippen LogP contribution >= 0.6 is 0 Å². The minimum Gasteiger partial charge on any atom is -0.503 e. The predicted octanol–water partition coefficient (Wildman–Crippen LogP) is 3.25. The first kappa shape index (κ1) is 26.7. The van der Waals surface area contributed by atoms with Crippen LogP contribution in [0.2, 0.25) is 0 Å². The van der Waals surface area contributed by atoms with Crippen molar-refractivity contribution in [1.29, 1.82) is 0 Å². The summed E-state index contributed by atoms with van der Waals surface area (Å²) in [7, 11) is -2.13. The van der Waals surface area contributed by atoms with Crippen molar-refractivity contribution < 1.29 is 35.5 Å². The molecule has 0 saturated carbocycles. The van der Waals surface area contributed by atoms with Crippen LogP contribution in [-0.4, -0.2) is 68.5 Å². The summed E-state index contributed by atoms with van der Waals surface area (Å²) in [4.78, 5) is 14.5. The van der Waals surface area contributed by atoms with E-state index in [1.807, 2.05) is 0 Å². The average Bonchev–Trinajstić information content (AvgIpc) is 3.21.